The molecule has 7 nitrogen and oxygen atoms in total. The number of fused-ring (bicyclic) bond motifs is 1. The molecule has 1 aliphatic rings. The van der Waals surface area contributed by atoms with Crippen LogP contribution in [0.5, 0.6) is 0 Å². The van der Waals surface area contributed by atoms with Crippen molar-refractivity contribution < 1.29 is 14.7 Å². The third-order valence-electron chi connectivity index (χ3n) is 4.27. The van der Waals surface area contributed by atoms with E-state index in [-0.39, 0.29) is 17.5 Å². The van der Waals surface area contributed by atoms with Crippen molar-refractivity contribution in [2.24, 2.45) is 5.92 Å². The molecule has 1 amide bonds. The van der Waals surface area contributed by atoms with Gasteiger partial charge in [-0.15, -0.1) is 0 Å². The number of carbonyl (C=O) groups excluding carboxylic acids is 1. The van der Waals surface area contributed by atoms with Crippen molar-refractivity contribution >= 4 is 17.5 Å². The van der Waals surface area contributed by atoms with Crippen molar-refractivity contribution in [3.05, 3.63) is 46.5 Å². The lowest BCUT2D eigenvalue weighted by molar-refractivity contribution is -0.142. The number of carboxylic acids is 1. The van der Waals surface area contributed by atoms with E-state index in [1.54, 1.807) is 24.4 Å². The van der Waals surface area contributed by atoms with Gasteiger partial charge in [0, 0.05) is 18.4 Å². The Morgan fingerprint density at radius 2 is 1.96 bits per heavy atom. The van der Waals surface area contributed by atoms with E-state index in [0.29, 0.717) is 31.3 Å². The van der Waals surface area contributed by atoms with Crippen LogP contribution >= 0.6 is 0 Å². The summed E-state index contributed by atoms with van der Waals surface area (Å²) in [4.78, 5) is 39.7. The second-order valence-corrected chi connectivity index (χ2v) is 5.77. The van der Waals surface area contributed by atoms with E-state index in [9.17, 15) is 14.4 Å². The second-order valence-electron chi connectivity index (χ2n) is 5.77. The van der Waals surface area contributed by atoms with Gasteiger partial charge < -0.3 is 10.4 Å². The molecule has 0 spiro atoms. The van der Waals surface area contributed by atoms with E-state index in [2.05, 4.69) is 10.3 Å². The SMILES string of the molecule is O=C(NC1CCC(C(=O)O)CC1)c1cnc2ccccn2c1=O. The van der Waals surface area contributed by atoms with Gasteiger partial charge >= 0.3 is 5.97 Å². The monoisotopic (exact) mass is 315 g/mol. The molecule has 0 radical (unpaired) electrons. The number of aliphatic carboxylic acids is 1. The number of nitrogens with zero attached hydrogens (tertiary/aromatic N) is 2. The van der Waals surface area contributed by atoms with Crippen LogP contribution in [0.15, 0.2) is 35.4 Å². The van der Waals surface area contributed by atoms with Crippen LogP contribution in [0, 0.1) is 5.92 Å². The maximum Gasteiger partial charge on any atom is 0.306 e. The van der Waals surface area contributed by atoms with Gasteiger partial charge in [-0.1, -0.05) is 6.07 Å². The first-order chi connectivity index (χ1) is 11.1. The van der Waals surface area contributed by atoms with Crippen LogP contribution in [0.25, 0.3) is 5.65 Å². The Balaban J connectivity index is 1.73. The molecule has 0 atom stereocenters. The van der Waals surface area contributed by atoms with Crippen LogP contribution in [0.1, 0.15) is 36.0 Å². The van der Waals surface area contributed by atoms with Crippen LogP contribution < -0.4 is 10.9 Å². The van der Waals surface area contributed by atoms with E-state index < -0.39 is 17.4 Å². The molecule has 0 saturated heterocycles. The predicted molar refractivity (Wildman–Crippen MR) is 82.3 cm³/mol. The van der Waals surface area contributed by atoms with Gasteiger partial charge in [-0.25, -0.2) is 4.98 Å². The van der Waals surface area contributed by atoms with E-state index in [1.165, 1.54) is 10.6 Å². The van der Waals surface area contributed by atoms with Gasteiger partial charge in [-0.05, 0) is 37.8 Å². The normalized spacial score (nSPS) is 21.0. The minimum absolute atomic E-state index is 0.00550. The summed E-state index contributed by atoms with van der Waals surface area (Å²) in [5.41, 5.74) is 0.0670. The van der Waals surface area contributed by atoms with Crippen molar-refractivity contribution in [2.75, 3.05) is 0 Å². The van der Waals surface area contributed by atoms with E-state index >= 15 is 0 Å². The largest absolute Gasteiger partial charge is 0.481 e. The lowest BCUT2D eigenvalue weighted by Gasteiger charge is -2.26. The Morgan fingerprint density at radius 3 is 2.65 bits per heavy atom. The highest BCUT2D eigenvalue weighted by molar-refractivity contribution is 5.93. The standard InChI is InChI=1S/C16H17N3O4/c20-14(18-11-6-4-10(5-7-11)16(22)23)12-9-17-13-3-1-2-8-19(13)15(12)21/h1-3,8-11H,4-7H2,(H,18,20)(H,22,23). The topological polar surface area (TPSA) is 101 Å². The molecule has 3 rings (SSSR count). The molecule has 0 bridgehead atoms. The lowest BCUT2D eigenvalue weighted by Crippen LogP contribution is -2.41. The Labute approximate surface area is 132 Å². The Morgan fingerprint density at radius 1 is 1.22 bits per heavy atom. The number of rotatable bonds is 3. The molecule has 1 saturated carbocycles. The highest BCUT2D eigenvalue weighted by atomic mass is 16.4. The van der Waals surface area contributed by atoms with Crippen molar-refractivity contribution in [1.29, 1.82) is 0 Å². The zero-order valence-electron chi connectivity index (χ0n) is 12.4. The molecule has 2 aromatic heterocycles. The average molecular weight is 315 g/mol. The van der Waals surface area contributed by atoms with E-state index in [4.69, 9.17) is 5.11 Å². The van der Waals surface area contributed by atoms with Crippen LogP contribution in [0.4, 0.5) is 0 Å². The first kappa shape index (κ1) is 15.2. The summed E-state index contributed by atoms with van der Waals surface area (Å²) in [5.74, 6) is -1.58. The first-order valence-electron chi connectivity index (χ1n) is 7.56. The highest BCUT2D eigenvalue weighted by Crippen LogP contribution is 2.24. The smallest absolute Gasteiger partial charge is 0.306 e. The third-order valence-corrected chi connectivity index (χ3v) is 4.27. The quantitative estimate of drug-likeness (QED) is 0.882. The van der Waals surface area contributed by atoms with Crippen LogP contribution in [0.3, 0.4) is 0 Å². The number of hydrogen-bond acceptors (Lipinski definition) is 4. The van der Waals surface area contributed by atoms with Crippen LogP contribution in [-0.2, 0) is 4.79 Å². The average Bonchev–Trinajstić information content (AvgIpc) is 2.56. The number of nitrogens with one attached hydrogen (secondary N) is 1. The molecular formula is C16H17N3O4. The van der Waals surface area contributed by atoms with Gasteiger partial charge in [-0.2, -0.15) is 0 Å². The van der Waals surface area contributed by atoms with Gasteiger partial charge in [0.15, 0.2) is 0 Å². The zero-order chi connectivity index (χ0) is 16.4. The van der Waals surface area contributed by atoms with Crippen molar-refractivity contribution in [2.45, 2.75) is 31.7 Å². The summed E-state index contributed by atoms with van der Waals surface area (Å²) in [6, 6.07) is 5.05. The molecule has 2 heterocycles. The summed E-state index contributed by atoms with van der Waals surface area (Å²) >= 11 is 0. The van der Waals surface area contributed by atoms with Gasteiger partial charge in [0.2, 0.25) is 0 Å². The summed E-state index contributed by atoms with van der Waals surface area (Å²) in [6.07, 6.45) is 5.13. The number of carboxylic acid groups (broad SMARTS) is 1. The van der Waals surface area contributed by atoms with Gasteiger partial charge in [0.25, 0.3) is 11.5 Å². The van der Waals surface area contributed by atoms with Gasteiger partial charge in [0.05, 0.1) is 5.92 Å². The summed E-state index contributed by atoms with van der Waals surface area (Å²) in [7, 11) is 0. The lowest BCUT2D eigenvalue weighted by atomic mass is 9.86. The Hall–Kier alpha value is -2.70. The molecule has 0 aliphatic heterocycles. The number of hydrogen-bond donors (Lipinski definition) is 2. The molecule has 1 aliphatic carbocycles. The zero-order valence-corrected chi connectivity index (χ0v) is 12.4. The summed E-state index contributed by atoms with van der Waals surface area (Å²) in [6.45, 7) is 0. The molecular weight excluding hydrogens is 298 g/mol. The minimum Gasteiger partial charge on any atom is -0.481 e. The predicted octanol–water partition coefficient (Wildman–Crippen LogP) is 1.07. The maximum atomic E-state index is 12.3. The second kappa shape index (κ2) is 6.20. The number of amides is 1. The molecule has 7 heteroatoms. The highest BCUT2D eigenvalue weighted by Gasteiger charge is 2.27. The molecule has 120 valence electrons. The number of aromatic nitrogens is 2. The number of pyridine rings is 1. The third kappa shape index (κ3) is 3.08. The van der Waals surface area contributed by atoms with Crippen LogP contribution in [-0.4, -0.2) is 32.4 Å². The molecule has 23 heavy (non-hydrogen) atoms. The van der Waals surface area contributed by atoms with Gasteiger partial charge in [-0.3, -0.25) is 18.8 Å². The first-order valence-corrected chi connectivity index (χ1v) is 7.56. The molecule has 0 unspecified atom stereocenters. The summed E-state index contributed by atoms with van der Waals surface area (Å²) in [5, 5.41) is 11.8. The minimum atomic E-state index is -0.785. The Kier molecular flexibility index (Phi) is 4.10. The van der Waals surface area contributed by atoms with Crippen molar-refractivity contribution in [3.63, 3.8) is 0 Å². The molecule has 2 N–H and O–H groups in total. The fourth-order valence-corrected chi connectivity index (χ4v) is 2.93. The summed E-state index contributed by atoms with van der Waals surface area (Å²) < 4.78 is 1.33. The molecule has 1 fully saturated rings. The fourth-order valence-electron chi connectivity index (χ4n) is 2.93. The van der Waals surface area contributed by atoms with E-state index in [0.717, 1.165) is 0 Å². The molecule has 0 aromatic carbocycles. The Bertz CT molecular complexity index is 806. The maximum absolute atomic E-state index is 12.3. The fraction of sp³-hybridized carbons (Fsp3) is 0.375. The van der Waals surface area contributed by atoms with Crippen LogP contribution in [0.2, 0.25) is 0 Å². The van der Waals surface area contributed by atoms with Crippen molar-refractivity contribution in [3.8, 4) is 0 Å². The number of carbonyl (C=O) groups is 2. The van der Waals surface area contributed by atoms with Gasteiger partial charge in [0.1, 0.15) is 11.2 Å². The van der Waals surface area contributed by atoms with Crippen molar-refractivity contribution in [1.82, 2.24) is 14.7 Å². The van der Waals surface area contributed by atoms with E-state index in [1.807, 2.05) is 0 Å². The molecule has 2 aromatic rings.